The van der Waals surface area contributed by atoms with E-state index in [4.69, 9.17) is 0 Å². The first-order valence-electron chi connectivity index (χ1n) is 7.01. The number of nitrogens with zero attached hydrogens (tertiary/aromatic N) is 1. The van der Waals surface area contributed by atoms with Crippen molar-refractivity contribution in [3.05, 3.63) is 0 Å². The molecule has 0 spiro atoms. The molecule has 2 saturated carbocycles. The van der Waals surface area contributed by atoms with E-state index >= 15 is 0 Å². The lowest BCUT2D eigenvalue weighted by molar-refractivity contribution is -0.134. The zero-order valence-electron chi connectivity index (χ0n) is 11.4. The molecule has 2 aliphatic carbocycles. The molecule has 4 unspecified atom stereocenters. The summed E-state index contributed by atoms with van der Waals surface area (Å²) in [5.41, 5.74) is 0. The third-order valence-corrected chi connectivity index (χ3v) is 4.70. The highest BCUT2D eigenvalue weighted by Crippen LogP contribution is 2.48. The fraction of sp³-hybridized carbons (Fsp3) is 0.929. The number of rotatable bonds is 5. The molecular formula is C14H26N2O. The number of amides is 1. The van der Waals surface area contributed by atoms with Crippen LogP contribution >= 0.6 is 0 Å². The zero-order valence-corrected chi connectivity index (χ0v) is 11.4. The first kappa shape index (κ1) is 12.9. The number of hydrogen-bond acceptors (Lipinski definition) is 2. The molecule has 0 saturated heterocycles. The van der Waals surface area contributed by atoms with Crippen molar-refractivity contribution in [2.45, 2.75) is 32.6 Å². The first-order chi connectivity index (χ1) is 8.11. The third kappa shape index (κ3) is 2.82. The van der Waals surface area contributed by atoms with Gasteiger partial charge in [-0.05, 0) is 44.1 Å². The molecule has 2 aliphatic rings. The van der Waals surface area contributed by atoms with Crippen LogP contribution in [0.1, 0.15) is 32.6 Å². The van der Waals surface area contributed by atoms with Crippen LogP contribution < -0.4 is 5.32 Å². The van der Waals surface area contributed by atoms with Gasteiger partial charge in [-0.2, -0.15) is 0 Å². The van der Waals surface area contributed by atoms with Gasteiger partial charge in [0.1, 0.15) is 0 Å². The van der Waals surface area contributed by atoms with Crippen molar-refractivity contribution >= 4 is 5.91 Å². The zero-order chi connectivity index (χ0) is 12.4. The molecule has 0 aromatic carbocycles. The molecule has 1 N–H and O–H groups in total. The van der Waals surface area contributed by atoms with Crippen LogP contribution in [0.15, 0.2) is 0 Å². The molecule has 17 heavy (non-hydrogen) atoms. The normalized spacial score (nSPS) is 32.8. The van der Waals surface area contributed by atoms with Crippen LogP contribution in [0.4, 0.5) is 0 Å². The van der Waals surface area contributed by atoms with Crippen LogP contribution in [0.3, 0.4) is 0 Å². The van der Waals surface area contributed by atoms with Crippen molar-refractivity contribution in [3.63, 3.8) is 0 Å². The van der Waals surface area contributed by atoms with Crippen LogP contribution in [-0.2, 0) is 4.79 Å². The van der Waals surface area contributed by atoms with Gasteiger partial charge in [-0.15, -0.1) is 0 Å². The Kier molecular flexibility index (Phi) is 4.08. The lowest BCUT2D eigenvalue weighted by atomic mass is 9.88. The van der Waals surface area contributed by atoms with Crippen molar-refractivity contribution in [1.82, 2.24) is 10.2 Å². The average Bonchev–Trinajstić information content (AvgIpc) is 2.90. The summed E-state index contributed by atoms with van der Waals surface area (Å²) in [7, 11) is 3.88. The van der Waals surface area contributed by atoms with Gasteiger partial charge in [-0.3, -0.25) is 4.79 Å². The van der Waals surface area contributed by atoms with Crippen LogP contribution in [-0.4, -0.2) is 38.0 Å². The molecular weight excluding hydrogens is 212 g/mol. The Hall–Kier alpha value is -0.570. The lowest BCUT2D eigenvalue weighted by Crippen LogP contribution is -2.39. The fourth-order valence-electron chi connectivity index (χ4n) is 3.81. The van der Waals surface area contributed by atoms with Gasteiger partial charge in [0, 0.05) is 26.1 Å². The number of nitrogens with one attached hydrogen (secondary N) is 1. The number of fused-ring (bicyclic) bond motifs is 2. The van der Waals surface area contributed by atoms with Crippen LogP contribution in [0, 0.1) is 23.7 Å². The van der Waals surface area contributed by atoms with Gasteiger partial charge in [0.05, 0.1) is 0 Å². The second kappa shape index (κ2) is 5.38. The largest absolute Gasteiger partial charge is 0.345 e. The van der Waals surface area contributed by atoms with Crippen molar-refractivity contribution in [2.24, 2.45) is 23.7 Å². The molecule has 0 radical (unpaired) electrons. The Morgan fingerprint density at radius 3 is 2.71 bits per heavy atom. The number of carbonyl (C=O) groups excluding carboxylic acids is 1. The van der Waals surface area contributed by atoms with Crippen molar-refractivity contribution in [1.29, 1.82) is 0 Å². The summed E-state index contributed by atoms with van der Waals surface area (Å²) in [6.07, 6.45) is 5.64. The summed E-state index contributed by atoms with van der Waals surface area (Å²) < 4.78 is 0. The van der Waals surface area contributed by atoms with E-state index in [0.29, 0.717) is 5.91 Å². The van der Waals surface area contributed by atoms with E-state index in [1.165, 1.54) is 25.7 Å². The third-order valence-electron chi connectivity index (χ3n) is 4.70. The van der Waals surface area contributed by atoms with Crippen molar-refractivity contribution in [3.8, 4) is 0 Å². The average molecular weight is 238 g/mol. The summed E-state index contributed by atoms with van der Waals surface area (Å²) in [4.78, 5) is 14.1. The lowest BCUT2D eigenvalue weighted by Gasteiger charge is -2.28. The Balaban J connectivity index is 1.80. The van der Waals surface area contributed by atoms with Gasteiger partial charge >= 0.3 is 0 Å². The maximum absolute atomic E-state index is 12.1. The predicted molar refractivity (Wildman–Crippen MR) is 69.7 cm³/mol. The van der Waals surface area contributed by atoms with Gasteiger partial charge in [-0.25, -0.2) is 0 Å². The van der Waals surface area contributed by atoms with E-state index in [0.717, 1.165) is 30.8 Å². The first-order valence-corrected chi connectivity index (χ1v) is 7.01. The highest BCUT2D eigenvalue weighted by atomic mass is 16.2. The predicted octanol–water partition coefficient (Wildman–Crippen LogP) is 1.74. The molecule has 0 aliphatic heterocycles. The minimum Gasteiger partial charge on any atom is -0.345 e. The molecule has 1 amide bonds. The Labute approximate surface area is 105 Å². The molecule has 0 aromatic rings. The molecule has 2 rings (SSSR count). The summed E-state index contributed by atoms with van der Waals surface area (Å²) in [6.45, 7) is 3.77. The second-order valence-corrected chi connectivity index (χ2v) is 6.11. The molecule has 2 fully saturated rings. The Morgan fingerprint density at radius 1 is 1.41 bits per heavy atom. The molecule has 98 valence electrons. The van der Waals surface area contributed by atoms with E-state index in [-0.39, 0.29) is 5.92 Å². The maximum Gasteiger partial charge on any atom is 0.226 e. The van der Waals surface area contributed by atoms with Crippen molar-refractivity contribution < 1.29 is 4.79 Å². The highest BCUT2D eigenvalue weighted by molar-refractivity contribution is 5.78. The standard InChI is InChI=1S/C14H26N2O/c1-10(8-15-2)14(17)16(3)9-13-7-11-4-5-12(13)6-11/h10-13,15H,4-9H2,1-3H3. The number of hydrogen-bond donors (Lipinski definition) is 1. The van der Waals surface area contributed by atoms with E-state index in [1.807, 2.05) is 25.9 Å². The molecule has 3 heteroatoms. The smallest absolute Gasteiger partial charge is 0.226 e. The van der Waals surface area contributed by atoms with E-state index in [1.54, 1.807) is 0 Å². The minimum absolute atomic E-state index is 0.101. The van der Waals surface area contributed by atoms with Gasteiger partial charge in [0.25, 0.3) is 0 Å². The van der Waals surface area contributed by atoms with Gasteiger partial charge in [0.2, 0.25) is 5.91 Å². The number of carbonyl (C=O) groups is 1. The topological polar surface area (TPSA) is 32.3 Å². The van der Waals surface area contributed by atoms with Gasteiger partial charge < -0.3 is 10.2 Å². The Bertz CT molecular complexity index is 279. The second-order valence-electron chi connectivity index (χ2n) is 6.11. The van der Waals surface area contributed by atoms with Crippen LogP contribution in [0.25, 0.3) is 0 Å². The fourth-order valence-corrected chi connectivity index (χ4v) is 3.81. The van der Waals surface area contributed by atoms with E-state index in [9.17, 15) is 4.79 Å². The monoisotopic (exact) mass is 238 g/mol. The molecule has 0 heterocycles. The molecule has 4 atom stereocenters. The van der Waals surface area contributed by atoms with Crippen LogP contribution in [0.5, 0.6) is 0 Å². The van der Waals surface area contributed by atoms with Crippen molar-refractivity contribution in [2.75, 3.05) is 27.2 Å². The highest BCUT2D eigenvalue weighted by Gasteiger charge is 2.40. The van der Waals surface area contributed by atoms with Gasteiger partial charge in [-0.1, -0.05) is 13.3 Å². The summed E-state index contributed by atoms with van der Waals surface area (Å²) in [5, 5.41) is 3.08. The van der Waals surface area contributed by atoms with Gasteiger partial charge in [0.15, 0.2) is 0 Å². The molecule has 2 bridgehead atoms. The summed E-state index contributed by atoms with van der Waals surface area (Å²) >= 11 is 0. The van der Waals surface area contributed by atoms with E-state index in [2.05, 4.69) is 5.32 Å². The summed E-state index contributed by atoms with van der Waals surface area (Å²) in [6, 6.07) is 0. The SMILES string of the molecule is CNCC(C)C(=O)N(C)CC1CC2CCC1C2. The van der Waals surface area contributed by atoms with E-state index < -0.39 is 0 Å². The molecule has 3 nitrogen and oxygen atoms in total. The summed E-state index contributed by atoms with van der Waals surface area (Å²) in [5.74, 6) is 3.06. The Morgan fingerprint density at radius 2 is 2.18 bits per heavy atom. The quantitative estimate of drug-likeness (QED) is 0.791. The van der Waals surface area contributed by atoms with Crippen LogP contribution in [0.2, 0.25) is 0 Å². The maximum atomic E-state index is 12.1. The minimum atomic E-state index is 0.101. The molecule has 0 aromatic heterocycles.